The number of aromatic nitrogens is 1. The highest BCUT2D eigenvalue weighted by Crippen LogP contribution is 2.33. The Bertz CT molecular complexity index is 852. The number of aromatic amines is 1. The number of para-hydroxylation sites is 1. The molecule has 2 heterocycles. The molecule has 1 N–H and O–H groups in total. The molecule has 19 heavy (non-hydrogen) atoms. The number of ether oxygens (including phenoxy) is 1. The van der Waals surface area contributed by atoms with Crippen molar-refractivity contribution in [3.05, 3.63) is 59.9 Å². The molecule has 1 aromatic heterocycles. The van der Waals surface area contributed by atoms with Crippen LogP contribution in [0.25, 0.3) is 27.9 Å². The molecule has 0 bridgehead atoms. The fourth-order valence-electron chi connectivity index (χ4n) is 2.61. The minimum atomic E-state index is 0.904. The van der Waals surface area contributed by atoms with Gasteiger partial charge in [0, 0.05) is 27.9 Å². The highest BCUT2D eigenvalue weighted by Gasteiger charge is 2.10. The Kier molecular flexibility index (Phi) is 2.06. The number of allylic oxidation sites excluding steroid dienone is 3. The van der Waals surface area contributed by atoms with E-state index in [4.69, 9.17) is 4.74 Å². The van der Waals surface area contributed by atoms with Gasteiger partial charge < -0.3 is 9.72 Å². The molecular formula is C17H13NO. The molecule has 0 spiro atoms. The molecule has 2 heteroatoms. The second-order valence-electron chi connectivity index (χ2n) is 4.84. The molecule has 92 valence electrons. The third-order valence-corrected chi connectivity index (χ3v) is 3.51. The molecule has 0 saturated heterocycles. The molecule has 2 nitrogen and oxygen atoms in total. The van der Waals surface area contributed by atoms with Crippen LogP contribution < -0.4 is 4.74 Å². The Morgan fingerprint density at radius 3 is 2.84 bits per heavy atom. The number of hydrogen-bond acceptors (Lipinski definition) is 1. The van der Waals surface area contributed by atoms with Gasteiger partial charge in [-0.15, -0.1) is 0 Å². The predicted molar refractivity (Wildman–Crippen MR) is 79.2 cm³/mol. The summed E-state index contributed by atoms with van der Waals surface area (Å²) < 4.78 is 5.84. The van der Waals surface area contributed by atoms with Crippen LogP contribution in [0.5, 0.6) is 5.75 Å². The van der Waals surface area contributed by atoms with Crippen LogP contribution in [0.3, 0.4) is 0 Å². The molecule has 1 aliphatic heterocycles. The summed E-state index contributed by atoms with van der Waals surface area (Å²) in [5.74, 6) is 1.81. The quantitative estimate of drug-likeness (QED) is 0.615. The molecule has 0 aliphatic carbocycles. The first-order valence-corrected chi connectivity index (χ1v) is 6.38. The summed E-state index contributed by atoms with van der Waals surface area (Å²) in [4.78, 5) is 3.44. The van der Waals surface area contributed by atoms with E-state index in [1.54, 1.807) is 0 Å². The van der Waals surface area contributed by atoms with Gasteiger partial charge in [0.25, 0.3) is 0 Å². The van der Waals surface area contributed by atoms with Crippen molar-refractivity contribution in [2.75, 3.05) is 0 Å². The summed E-state index contributed by atoms with van der Waals surface area (Å²) in [6.45, 7) is 1.97. The summed E-state index contributed by atoms with van der Waals surface area (Å²) in [6.07, 6.45) is 6.10. The maximum Gasteiger partial charge on any atom is 0.136 e. The summed E-state index contributed by atoms with van der Waals surface area (Å²) in [5, 5.41) is 2.49. The third-order valence-electron chi connectivity index (χ3n) is 3.51. The Labute approximate surface area is 111 Å². The van der Waals surface area contributed by atoms with Gasteiger partial charge in [0.15, 0.2) is 0 Å². The van der Waals surface area contributed by atoms with Crippen LogP contribution in [0.1, 0.15) is 12.5 Å². The van der Waals surface area contributed by atoms with E-state index in [9.17, 15) is 0 Å². The number of H-pyrrole nitrogens is 1. The number of rotatable bonds is 0. The van der Waals surface area contributed by atoms with Crippen molar-refractivity contribution in [3.63, 3.8) is 0 Å². The molecule has 0 amide bonds. The van der Waals surface area contributed by atoms with E-state index in [0.29, 0.717) is 0 Å². The van der Waals surface area contributed by atoms with Gasteiger partial charge in [-0.3, -0.25) is 0 Å². The second kappa shape index (κ2) is 3.75. The molecule has 0 saturated carbocycles. The summed E-state index contributed by atoms with van der Waals surface area (Å²) in [7, 11) is 0. The molecule has 2 aromatic carbocycles. The fraction of sp³-hybridized carbons (Fsp3) is 0.0588. The van der Waals surface area contributed by atoms with E-state index < -0.39 is 0 Å². The first kappa shape index (κ1) is 10.4. The van der Waals surface area contributed by atoms with Crippen LogP contribution in [0.4, 0.5) is 0 Å². The Morgan fingerprint density at radius 2 is 1.89 bits per heavy atom. The van der Waals surface area contributed by atoms with Gasteiger partial charge in [-0.05, 0) is 25.1 Å². The van der Waals surface area contributed by atoms with Crippen LogP contribution in [0.15, 0.2) is 54.3 Å². The van der Waals surface area contributed by atoms with Crippen molar-refractivity contribution in [2.45, 2.75) is 6.92 Å². The second-order valence-corrected chi connectivity index (χ2v) is 4.84. The smallest absolute Gasteiger partial charge is 0.136 e. The van der Waals surface area contributed by atoms with E-state index in [2.05, 4.69) is 41.4 Å². The van der Waals surface area contributed by atoms with Crippen molar-refractivity contribution in [1.29, 1.82) is 0 Å². The van der Waals surface area contributed by atoms with Gasteiger partial charge in [-0.25, -0.2) is 0 Å². The fourth-order valence-corrected chi connectivity index (χ4v) is 2.61. The highest BCUT2D eigenvalue weighted by atomic mass is 16.5. The lowest BCUT2D eigenvalue weighted by molar-refractivity contribution is 0.428. The highest BCUT2D eigenvalue weighted by molar-refractivity contribution is 6.08. The summed E-state index contributed by atoms with van der Waals surface area (Å²) in [6, 6.07) is 12.6. The lowest BCUT2D eigenvalue weighted by Crippen LogP contribution is -1.91. The van der Waals surface area contributed by atoms with Crippen LogP contribution in [0, 0.1) is 0 Å². The number of hydrogen-bond donors (Lipinski definition) is 1. The van der Waals surface area contributed by atoms with E-state index in [1.165, 1.54) is 10.8 Å². The standard InChI is InChI=1S/C17H13NO/c1-11-5-4-6-12-9-14-13-7-2-3-8-15(13)18-16(14)10-17(12)19-11/h2-10,18H,1H3. The van der Waals surface area contributed by atoms with Crippen LogP contribution in [0.2, 0.25) is 0 Å². The maximum atomic E-state index is 5.84. The van der Waals surface area contributed by atoms with Gasteiger partial charge >= 0.3 is 0 Å². The van der Waals surface area contributed by atoms with Gasteiger partial charge in [0.05, 0.1) is 5.52 Å². The minimum Gasteiger partial charge on any atom is -0.461 e. The van der Waals surface area contributed by atoms with Crippen molar-refractivity contribution in [1.82, 2.24) is 4.98 Å². The predicted octanol–water partition coefficient (Wildman–Crippen LogP) is 4.63. The van der Waals surface area contributed by atoms with Crippen LogP contribution >= 0.6 is 0 Å². The zero-order chi connectivity index (χ0) is 12.8. The van der Waals surface area contributed by atoms with Gasteiger partial charge in [0.1, 0.15) is 11.5 Å². The van der Waals surface area contributed by atoms with E-state index >= 15 is 0 Å². The molecule has 0 unspecified atom stereocenters. The molecule has 4 rings (SSSR count). The van der Waals surface area contributed by atoms with Crippen molar-refractivity contribution < 1.29 is 4.74 Å². The maximum absolute atomic E-state index is 5.84. The Balaban J connectivity index is 2.07. The monoisotopic (exact) mass is 247 g/mol. The van der Waals surface area contributed by atoms with Crippen molar-refractivity contribution in [3.8, 4) is 5.75 Å². The lowest BCUT2D eigenvalue weighted by atomic mass is 10.1. The molecule has 0 atom stereocenters. The van der Waals surface area contributed by atoms with E-state index in [0.717, 1.165) is 28.1 Å². The van der Waals surface area contributed by atoms with E-state index in [-0.39, 0.29) is 0 Å². The molecule has 1 aliphatic rings. The number of benzene rings is 2. The van der Waals surface area contributed by atoms with Crippen LogP contribution in [-0.2, 0) is 0 Å². The van der Waals surface area contributed by atoms with E-state index in [1.807, 2.05) is 25.1 Å². The van der Waals surface area contributed by atoms with Gasteiger partial charge in [-0.1, -0.05) is 30.4 Å². The first-order valence-electron chi connectivity index (χ1n) is 6.38. The lowest BCUT2D eigenvalue weighted by Gasteiger charge is -2.07. The SMILES string of the molecule is CC1=CC=Cc2cc3c(cc2O1)[nH]c1ccccc13. The van der Waals surface area contributed by atoms with Crippen molar-refractivity contribution in [2.24, 2.45) is 0 Å². The van der Waals surface area contributed by atoms with Crippen LogP contribution in [-0.4, -0.2) is 4.98 Å². The number of nitrogens with one attached hydrogen (secondary N) is 1. The Hall–Kier alpha value is -2.48. The largest absolute Gasteiger partial charge is 0.461 e. The summed E-state index contributed by atoms with van der Waals surface area (Å²) >= 11 is 0. The zero-order valence-corrected chi connectivity index (χ0v) is 10.6. The topological polar surface area (TPSA) is 25.0 Å². The first-order chi connectivity index (χ1) is 9.31. The molecule has 3 aromatic rings. The number of fused-ring (bicyclic) bond motifs is 4. The molecule has 0 fully saturated rings. The molecular weight excluding hydrogens is 234 g/mol. The van der Waals surface area contributed by atoms with Crippen molar-refractivity contribution >= 4 is 27.9 Å². The molecule has 0 radical (unpaired) electrons. The minimum absolute atomic E-state index is 0.904. The summed E-state index contributed by atoms with van der Waals surface area (Å²) in [5.41, 5.74) is 3.39. The average molecular weight is 247 g/mol. The zero-order valence-electron chi connectivity index (χ0n) is 10.6. The third kappa shape index (κ3) is 1.57. The normalized spacial score (nSPS) is 14.1. The Morgan fingerprint density at radius 1 is 1.00 bits per heavy atom. The average Bonchev–Trinajstić information content (AvgIpc) is 2.65. The van der Waals surface area contributed by atoms with Gasteiger partial charge in [-0.2, -0.15) is 0 Å². The van der Waals surface area contributed by atoms with Gasteiger partial charge in [0.2, 0.25) is 0 Å².